The van der Waals surface area contributed by atoms with Gasteiger partial charge in [0, 0.05) is 11.7 Å². The maximum Gasteiger partial charge on any atom is 0.319 e. The summed E-state index contributed by atoms with van der Waals surface area (Å²) in [6.07, 6.45) is 0.969. The van der Waals surface area contributed by atoms with E-state index in [4.69, 9.17) is 4.74 Å². The monoisotopic (exact) mass is 263 g/mol. The lowest BCUT2D eigenvalue weighted by Gasteiger charge is -2.30. The van der Waals surface area contributed by atoms with Gasteiger partial charge in [-0.2, -0.15) is 0 Å². The van der Waals surface area contributed by atoms with Gasteiger partial charge in [0.15, 0.2) is 0 Å². The lowest BCUT2D eigenvalue weighted by molar-refractivity contribution is 0.236. The van der Waals surface area contributed by atoms with Gasteiger partial charge in [0.05, 0.1) is 7.11 Å². The first kappa shape index (κ1) is 13.7. The van der Waals surface area contributed by atoms with Gasteiger partial charge in [-0.05, 0) is 49.7 Å². The van der Waals surface area contributed by atoms with Crippen molar-refractivity contribution in [2.24, 2.45) is 5.92 Å². The van der Waals surface area contributed by atoms with E-state index in [-0.39, 0.29) is 12.1 Å². The fourth-order valence-electron chi connectivity index (χ4n) is 2.24. The third kappa shape index (κ3) is 3.86. The van der Waals surface area contributed by atoms with E-state index in [0.717, 1.165) is 30.9 Å². The van der Waals surface area contributed by atoms with Crippen molar-refractivity contribution in [3.63, 3.8) is 0 Å². The van der Waals surface area contributed by atoms with Crippen molar-refractivity contribution in [3.8, 4) is 5.75 Å². The van der Waals surface area contributed by atoms with Crippen molar-refractivity contribution in [1.29, 1.82) is 0 Å². The Morgan fingerprint density at radius 1 is 1.37 bits per heavy atom. The minimum absolute atomic E-state index is 0.149. The Kier molecular flexibility index (Phi) is 4.63. The van der Waals surface area contributed by atoms with Gasteiger partial charge in [0.2, 0.25) is 0 Å². The van der Waals surface area contributed by atoms with Crippen LogP contribution in [0.3, 0.4) is 0 Å². The normalized spacial score (nSPS) is 22.6. The molecule has 1 aliphatic rings. The van der Waals surface area contributed by atoms with Crippen LogP contribution in [0.2, 0.25) is 0 Å². The molecule has 1 saturated heterocycles. The van der Waals surface area contributed by atoms with E-state index >= 15 is 0 Å². The van der Waals surface area contributed by atoms with Gasteiger partial charge in [-0.1, -0.05) is 6.92 Å². The number of hydrogen-bond donors (Lipinski definition) is 3. The average molecular weight is 263 g/mol. The number of carbonyl (C=O) groups is 1. The molecule has 1 heterocycles. The summed E-state index contributed by atoms with van der Waals surface area (Å²) >= 11 is 0. The summed E-state index contributed by atoms with van der Waals surface area (Å²) in [4.78, 5) is 11.9. The lowest BCUT2D eigenvalue weighted by Crippen LogP contribution is -2.49. The zero-order chi connectivity index (χ0) is 13.7. The summed E-state index contributed by atoms with van der Waals surface area (Å²) in [5.41, 5.74) is 0.764. The largest absolute Gasteiger partial charge is 0.497 e. The summed E-state index contributed by atoms with van der Waals surface area (Å²) < 4.78 is 5.07. The van der Waals surface area contributed by atoms with Crippen molar-refractivity contribution in [2.75, 3.05) is 25.5 Å². The van der Waals surface area contributed by atoms with Crippen LogP contribution in [0.15, 0.2) is 24.3 Å². The van der Waals surface area contributed by atoms with Crippen molar-refractivity contribution in [2.45, 2.75) is 19.4 Å². The minimum Gasteiger partial charge on any atom is -0.497 e. The van der Waals surface area contributed by atoms with Crippen LogP contribution in [-0.2, 0) is 0 Å². The van der Waals surface area contributed by atoms with Crippen molar-refractivity contribution < 1.29 is 9.53 Å². The third-order valence-electron chi connectivity index (χ3n) is 3.45. The van der Waals surface area contributed by atoms with Gasteiger partial charge >= 0.3 is 6.03 Å². The van der Waals surface area contributed by atoms with Crippen molar-refractivity contribution >= 4 is 11.7 Å². The van der Waals surface area contributed by atoms with Crippen LogP contribution in [0.25, 0.3) is 0 Å². The predicted molar refractivity (Wildman–Crippen MR) is 75.6 cm³/mol. The van der Waals surface area contributed by atoms with Crippen LogP contribution in [0, 0.1) is 5.92 Å². The van der Waals surface area contributed by atoms with Crippen LogP contribution in [0.1, 0.15) is 13.3 Å². The van der Waals surface area contributed by atoms with Crippen LogP contribution < -0.4 is 20.7 Å². The highest BCUT2D eigenvalue weighted by Crippen LogP contribution is 2.15. The molecular weight excluding hydrogens is 242 g/mol. The van der Waals surface area contributed by atoms with E-state index in [1.165, 1.54) is 0 Å². The number of rotatable bonds is 3. The van der Waals surface area contributed by atoms with E-state index in [0.29, 0.717) is 5.92 Å². The molecule has 2 atom stereocenters. The molecule has 5 nitrogen and oxygen atoms in total. The Hall–Kier alpha value is -1.75. The highest BCUT2D eigenvalue weighted by atomic mass is 16.5. The molecule has 3 N–H and O–H groups in total. The summed E-state index contributed by atoms with van der Waals surface area (Å²) in [6.45, 7) is 4.05. The summed E-state index contributed by atoms with van der Waals surface area (Å²) in [5, 5.41) is 9.17. The zero-order valence-electron chi connectivity index (χ0n) is 11.4. The second kappa shape index (κ2) is 6.43. The Bertz CT molecular complexity index is 419. The number of carbonyl (C=O) groups excluding carboxylic acids is 1. The first-order chi connectivity index (χ1) is 9.19. The van der Waals surface area contributed by atoms with Crippen molar-refractivity contribution in [1.82, 2.24) is 10.6 Å². The molecule has 1 aliphatic heterocycles. The molecule has 0 aromatic heterocycles. The second-order valence-electron chi connectivity index (χ2n) is 4.90. The Balaban J connectivity index is 1.86. The van der Waals surface area contributed by atoms with E-state index in [1.807, 2.05) is 24.3 Å². The van der Waals surface area contributed by atoms with Crippen LogP contribution in [0.4, 0.5) is 10.5 Å². The molecule has 1 fully saturated rings. The molecule has 0 radical (unpaired) electrons. The fourth-order valence-corrected chi connectivity index (χ4v) is 2.24. The molecule has 19 heavy (non-hydrogen) atoms. The fraction of sp³-hybridized carbons (Fsp3) is 0.500. The molecule has 1 aromatic carbocycles. The molecule has 2 amide bonds. The van der Waals surface area contributed by atoms with Crippen LogP contribution in [-0.4, -0.2) is 32.3 Å². The van der Waals surface area contributed by atoms with Crippen LogP contribution >= 0.6 is 0 Å². The maximum absolute atomic E-state index is 11.9. The number of ether oxygens (including phenoxy) is 1. The lowest BCUT2D eigenvalue weighted by atomic mass is 9.95. The first-order valence-electron chi connectivity index (χ1n) is 6.61. The highest BCUT2D eigenvalue weighted by molar-refractivity contribution is 5.89. The van der Waals surface area contributed by atoms with Gasteiger partial charge in [0.25, 0.3) is 0 Å². The van der Waals surface area contributed by atoms with Gasteiger partial charge in [0.1, 0.15) is 5.75 Å². The number of nitrogens with one attached hydrogen (secondary N) is 3. The number of urea groups is 1. The van der Waals surface area contributed by atoms with Crippen molar-refractivity contribution in [3.05, 3.63) is 24.3 Å². The van der Waals surface area contributed by atoms with Gasteiger partial charge in [-0.15, -0.1) is 0 Å². The first-order valence-corrected chi connectivity index (χ1v) is 6.61. The van der Waals surface area contributed by atoms with Gasteiger partial charge in [-0.3, -0.25) is 0 Å². The molecular formula is C14H21N3O2. The number of methoxy groups -OCH3 is 1. The second-order valence-corrected chi connectivity index (χ2v) is 4.90. The van der Waals surface area contributed by atoms with E-state index < -0.39 is 0 Å². The maximum atomic E-state index is 11.9. The van der Waals surface area contributed by atoms with E-state index in [2.05, 4.69) is 22.9 Å². The molecule has 5 heteroatoms. The Morgan fingerprint density at radius 2 is 2.11 bits per heavy atom. The Labute approximate surface area is 113 Å². The zero-order valence-corrected chi connectivity index (χ0v) is 11.4. The summed E-state index contributed by atoms with van der Waals surface area (Å²) in [5.74, 6) is 1.23. The standard InChI is InChI=1S/C14H21N3O2/c1-10-9-15-8-7-13(10)17-14(18)16-11-3-5-12(19-2)6-4-11/h3-6,10,13,15H,7-9H2,1-2H3,(H2,16,17,18). The molecule has 0 saturated carbocycles. The average Bonchev–Trinajstić information content (AvgIpc) is 2.42. The minimum atomic E-state index is -0.149. The molecule has 2 rings (SSSR count). The van der Waals surface area contributed by atoms with Gasteiger partial charge < -0.3 is 20.7 Å². The number of anilines is 1. The molecule has 0 spiro atoms. The molecule has 2 unspecified atom stereocenters. The third-order valence-corrected chi connectivity index (χ3v) is 3.45. The SMILES string of the molecule is COc1ccc(NC(=O)NC2CCNCC2C)cc1. The topological polar surface area (TPSA) is 62.4 Å². The molecule has 1 aromatic rings. The highest BCUT2D eigenvalue weighted by Gasteiger charge is 2.22. The Morgan fingerprint density at radius 3 is 2.74 bits per heavy atom. The quantitative estimate of drug-likeness (QED) is 0.779. The van der Waals surface area contributed by atoms with E-state index in [1.54, 1.807) is 7.11 Å². The number of piperidine rings is 1. The number of amides is 2. The van der Waals surface area contributed by atoms with Gasteiger partial charge in [-0.25, -0.2) is 4.79 Å². The summed E-state index contributed by atoms with van der Waals surface area (Å²) in [7, 11) is 1.62. The summed E-state index contributed by atoms with van der Waals surface area (Å²) in [6, 6.07) is 7.38. The molecule has 0 bridgehead atoms. The van der Waals surface area contributed by atoms with E-state index in [9.17, 15) is 4.79 Å². The number of benzene rings is 1. The smallest absolute Gasteiger partial charge is 0.319 e. The number of hydrogen-bond acceptors (Lipinski definition) is 3. The molecule has 104 valence electrons. The predicted octanol–water partition coefficient (Wildman–Crippen LogP) is 1.81. The molecule has 0 aliphatic carbocycles. The van der Waals surface area contributed by atoms with Crippen LogP contribution in [0.5, 0.6) is 5.75 Å².